The van der Waals surface area contributed by atoms with Crippen LogP contribution in [0.15, 0.2) is 0 Å². The second-order valence-electron chi connectivity index (χ2n) is 3.32. The van der Waals surface area contributed by atoms with Crippen LogP contribution in [0.2, 0.25) is 0 Å². The van der Waals surface area contributed by atoms with Crippen molar-refractivity contribution < 1.29 is 4.79 Å². The van der Waals surface area contributed by atoms with Crippen LogP contribution < -0.4 is 0 Å². The Bertz CT molecular complexity index is 167. The van der Waals surface area contributed by atoms with Crippen molar-refractivity contribution in [2.24, 2.45) is 5.92 Å². The molecule has 0 spiro atoms. The van der Waals surface area contributed by atoms with Crippen molar-refractivity contribution in [2.45, 2.75) is 39.7 Å². The number of carbonyl (C=O) groups is 1. The molecule has 0 aliphatic heterocycles. The summed E-state index contributed by atoms with van der Waals surface area (Å²) in [6.07, 6.45) is 1.25. The first kappa shape index (κ1) is 10.2. The van der Waals surface area contributed by atoms with Crippen LogP contribution in [0.5, 0.6) is 0 Å². The average Bonchev–Trinajstić information content (AvgIpc) is 1.84. The van der Waals surface area contributed by atoms with Crippen molar-refractivity contribution in [2.75, 3.05) is 0 Å². The zero-order chi connectivity index (χ0) is 8.85. The Hall–Kier alpha value is -0.840. The van der Waals surface area contributed by atoms with E-state index in [0.29, 0.717) is 12.3 Å². The van der Waals surface area contributed by atoms with E-state index in [0.717, 1.165) is 6.42 Å². The summed E-state index contributed by atoms with van der Waals surface area (Å²) in [5, 5.41) is 0. The molecule has 1 atom stereocenters. The van der Waals surface area contributed by atoms with E-state index < -0.39 is 0 Å². The Labute approximate surface area is 68.4 Å². The molecule has 0 amide bonds. The molecule has 0 radical (unpaired) electrons. The first-order valence-electron chi connectivity index (χ1n) is 3.92. The van der Waals surface area contributed by atoms with E-state index in [-0.39, 0.29) is 11.8 Å². The summed E-state index contributed by atoms with van der Waals surface area (Å²) in [7, 11) is 0. The van der Waals surface area contributed by atoms with Gasteiger partial charge in [0.1, 0.15) is 5.78 Å². The fourth-order valence-electron chi connectivity index (χ4n) is 1.06. The molecule has 62 valence electrons. The molecule has 0 aliphatic carbocycles. The van der Waals surface area contributed by atoms with E-state index in [2.05, 4.69) is 18.7 Å². The third-order valence-corrected chi connectivity index (χ3v) is 1.45. The predicted octanol–water partition coefficient (Wildman–Crippen LogP) is 2.30. The smallest absolute Gasteiger partial charge is 0.230 e. The van der Waals surface area contributed by atoms with Crippen LogP contribution in [0, 0.1) is 12.5 Å². The number of ketones is 1. The highest BCUT2D eigenvalue weighted by Crippen LogP contribution is 2.11. The Balaban J connectivity index is 3.79. The van der Waals surface area contributed by atoms with Crippen molar-refractivity contribution in [3.05, 3.63) is 11.4 Å². The molecule has 0 bridgehead atoms. The number of nitrogens with zero attached hydrogens (tertiary/aromatic N) is 1. The van der Waals surface area contributed by atoms with Gasteiger partial charge in [0, 0.05) is 6.42 Å². The van der Waals surface area contributed by atoms with Crippen LogP contribution in [-0.2, 0) is 4.79 Å². The lowest BCUT2D eigenvalue weighted by Gasteiger charge is -2.05. The van der Waals surface area contributed by atoms with Crippen LogP contribution in [-0.4, -0.2) is 11.8 Å². The predicted molar refractivity (Wildman–Crippen MR) is 45.1 cm³/mol. The molecule has 0 unspecified atom stereocenters. The van der Waals surface area contributed by atoms with Crippen molar-refractivity contribution in [1.82, 2.24) is 0 Å². The zero-order valence-corrected chi connectivity index (χ0v) is 7.42. The van der Waals surface area contributed by atoms with Gasteiger partial charge < -0.3 is 4.85 Å². The van der Waals surface area contributed by atoms with Crippen molar-refractivity contribution in [1.29, 1.82) is 0 Å². The molecule has 0 saturated carbocycles. The minimum Gasteiger partial charge on any atom is -0.313 e. The Morgan fingerprint density at radius 3 is 2.36 bits per heavy atom. The van der Waals surface area contributed by atoms with Crippen LogP contribution in [0.1, 0.15) is 33.6 Å². The quantitative estimate of drug-likeness (QED) is 0.568. The monoisotopic (exact) mass is 153 g/mol. The molecule has 11 heavy (non-hydrogen) atoms. The van der Waals surface area contributed by atoms with Gasteiger partial charge in [0.05, 0.1) is 6.42 Å². The highest BCUT2D eigenvalue weighted by Gasteiger charge is 2.16. The molecular formula is C9H15NO. The third kappa shape index (κ3) is 5.60. The summed E-state index contributed by atoms with van der Waals surface area (Å²) in [5.41, 5.74) is 0. The fraction of sp³-hybridized carbons (Fsp3) is 0.778. The normalized spacial score (nSPS) is 12.6. The first-order valence-corrected chi connectivity index (χ1v) is 3.92. The van der Waals surface area contributed by atoms with Crippen LogP contribution in [0.25, 0.3) is 4.85 Å². The molecule has 0 aromatic heterocycles. The number of carbonyl (C=O) groups excluding carboxylic acids is 1. The van der Waals surface area contributed by atoms with Gasteiger partial charge in [0.25, 0.3) is 0 Å². The zero-order valence-electron chi connectivity index (χ0n) is 7.42. The largest absolute Gasteiger partial charge is 0.313 e. The van der Waals surface area contributed by atoms with Crippen molar-refractivity contribution in [3.8, 4) is 0 Å². The molecule has 0 N–H and O–H groups in total. The Kier molecular flexibility index (Phi) is 4.52. The highest BCUT2D eigenvalue weighted by molar-refractivity contribution is 5.76. The molecule has 0 aliphatic rings. The Morgan fingerprint density at radius 2 is 2.09 bits per heavy atom. The second-order valence-corrected chi connectivity index (χ2v) is 3.32. The van der Waals surface area contributed by atoms with Gasteiger partial charge >= 0.3 is 0 Å². The standard InChI is InChI=1S/C9H15NO/c1-7(2)5-9(10-4)6-8(3)11/h7,9H,5-6H2,1-3H3/t9-/m1/s1. The third-order valence-electron chi connectivity index (χ3n) is 1.45. The lowest BCUT2D eigenvalue weighted by molar-refractivity contribution is -0.117. The summed E-state index contributed by atoms with van der Waals surface area (Å²) in [6, 6.07) is -0.0903. The van der Waals surface area contributed by atoms with Gasteiger partial charge in [-0.2, -0.15) is 0 Å². The van der Waals surface area contributed by atoms with E-state index in [4.69, 9.17) is 6.57 Å². The number of rotatable bonds is 4. The first-order chi connectivity index (χ1) is 5.06. The number of hydrogen-bond acceptors (Lipinski definition) is 1. The summed E-state index contributed by atoms with van der Waals surface area (Å²) < 4.78 is 0. The molecule has 0 aromatic rings. The van der Waals surface area contributed by atoms with E-state index in [9.17, 15) is 4.79 Å². The molecular weight excluding hydrogens is 138 g/mol. The van der Waals surface area contributed by atoms with Crippen molar-refractivity contribution >= 4 is 5.78 Å². The molecule has 0 rings (SSSR count). The minimum atomic E-state index is -0.0903. The van der Waals surface area contributed by atoms with E-state index in [1.165, 1.54) is 0 Å². The molecule has 2 nitrogen and oxygen atoms in total. The molecule has 0 aromatic carbocycles. The minimum absolute atomic E-state index is 0.0903. The second kappa shape index (κ2) is 4.90. The van der Waals surface area contributed by atoms with Gasteiger partial charge in [0.2, 0.25) is 6.04 Å². The van der Waals surface area contributed by atoms with E-state index in [1.54, 1.807) is 6.92 Å². The maximum atomic E-state index is 10.7. The summed E-state index contributed by atoms with van der Waals surface area (Å²) in [6.45, 7) is 12.5. The summed E-state index contributed by atoms with van der Waals surface area (Å²) in [5.74, 6) is 0.625. The van der Waals surface area contributed by atoms with Gasteiger partial charge in [-0.15, -0.1) is 0 Å². The van der Waals surface area contributed by atoms with Gasteiger partial charge in [-0.3, -0.25) is 4.79 Å². The molecule has 2 heteroatoms. The highest BCUT2D eigenvalue weighted by atomic mass is 16.1. The molecule has 0 heterocycles. The van der Waals surface area contributed by atoms with Gasteiger partial charge in [-0.05, 0) is 12.8 Å². The maximum absolute atomic E-state index is 10.7. The molecule has 0 saturated heterocycles. The van der Waals surface area contributed by atoms with Crippen molar-refractivity contribution in [3.63, 3.8) is 0 Å². The average molecular weight is 153 g/mol. The summed E-state index contributed by atoms with van der Waals surface area (Å²) in [4.78, 5) is 14.0. The number of Topliss-reactive ketones (excluding diaryl/α,β-unsaturated/α-hetero) is 1. The van der Waals surface area contributed by atoms with Crippen LogP contribution in [0.3, 0.4) is 0 Å². The van der Waals surface area contributed by atoms with Crippen LogP contribution in [0.4, 0.5) is 0 Å². The van der Waals surface area contributed by atoms with Gasteiger partial charge in [0.15, 0.2) is 0 Å². The SMILES string of the molecule is [C-]#[N+][C@@H](CC(C)=O)CC(C)C. The maximum Gasteiger partial charge on any atom is 0.230 e. The summed E-state index contributed by atoms with van der Waals surface area (Å²) >= 11 is 0. The fourth-order valence-corrected chi connectivity index (χ4v) is 1.06. The van der Waals surface area contributed by atoms with Crippen LogP contribution >= 0.6 is 0 Å². The van der Waals surface area contributed by atoms with E-state index in [1.807, 2.05) is 0 Å². The van der Waals surface area contributed by atoms with E-state index >= 15 is 0 Å². The van der Waals surface area contributed by atoms with Gasteiger partial charge in [-0.25, -0.2) is 6.57 Å². The number of hydrogen-bond donors (Lipinski definition) is 0. The topological polar surface area (TPSA) is 21.4 Å². The Morgan fingerprint density at radius 1 is 1.55 bits per heavy atom. The lowest BCUT2D eigenvalue weighted by atomic mass is 10.0. The van der Waals surface area contributed by atoms with Gasteiger partial charge in [-0.1, -0.05) is 13.8 Å². The molecule has 0 fully saturated rings. The lowest BCUT2D eigenvalue weighted by Crippen LogP contribution is -2.10.